The second-order valence-electron chi connectivity index (χ2n) is 9.43. The lowest BCUT2D eigenvalue weighted by Gasteiger charge is -2.18. The zero-order valence-corrected chi connectivity index (χ0v) is 21.3. The lowest BCUT2D eigenvalue weighted by molar-refractivity contribution is 0.0772. The molecular formula is C28H30N2O5S. The molecule has 1 N–H and O–H groups in total. The van der Waals surface area contributed by atoms with E-state index < -0.39 is 9.84 Å². The van der Waals surface area contributed by atoms with Crippen LogP contribution in [0.1, 0.15) is 39.0 Å². The number of nitrogens with zero attached hydrogens (tertiary/aromatic N) is 1. The molecule has 36 heavy (non-hydrogen) atoms. The summed E-state index contributed by atoms with van der Waals surface area (Å²) in [6.45, 7) is 4.45. The molecule has 0 saturated carbocycles. The van der Waals surface area contributed by atoms with Crippen LogP contribution in [0.4, 0.5) is 0 Å². The van der Waals surface area contributed by atoms with Gasteiger partial charge in [-0.1, -0.05) is 29.8 Å². The van der Waals surface area contributed by atoms with E-state index in [4.69, 9.17) is 9.47 Å². The topological polar surface area (TPSA) is 84.9 Å². The highest BCUT2D eigenvalue weighted by Crippen LogP contribution is 2.32. The molecule has 0 radical (unpaired) electrons. The van der Waals surface area contributed by atoms with E-state index in [9.17, 15) is 13.2 Å². The predicted molar refractivity (Wildman–Crippen MR) is 137 cm³/mol. The highest BCUT2D eigenvalue weighted by atomic mass is 32.2. The van der Waals surface area contributed by atoms with Crippen molar-refractivity contribution in [2.24, 2.45) is 0 Å². The van der Waals surface area contributed by atoms with Crippen molar-refractivity contribution < 1.29 is 22.7 Å². The third kappa shape index (κ3) is 5.10. The van der Waals surface area contributed by atoms with E-state index in [-0.39, 0.29) is 22.7 Å². The van der Waals surface area contributed by atoms with Crippen LogP contribution in [0.25, 0.3) is 0 Å². The first-order valence-corrected chi connectivity index (χ1v) is 13.7. The maximum absolute atomic E-state index is 13.3. The molecule has 8 heteroatoms. The van der Waals surface area contributed by atoms with Crippen molar-refractivity contribution in [3.63, 3.8) is 0 Å². The average Bonchev–Trinajstić information content (AvgIpc) is 3.52. The summed E-state index contributed by atoms with van der Waals surface area (Å²) in [6, 6.07) is 18.3. The Morgan fingerprint density at radius 2 is 1.83 bits per heavy atom. The molecule has 1 saturated heterocycles. The molecule has 2 aliphatic rings. The summed E-state index contributed by atoms with van der Waals surface area (Å²) in [4.78, 5) is 14.9. The summed E-state index contributed by atoms with van der Waals surface area (Å²) < 4.78 is 38.2. The Labute approximate surface area is 212 Å². The lowest BCUT2D eigenvalue weighted by Crippen LogP contribution is -2.31. The second kappa shape index (κ2) is 9.95. The summed E-state index contributed by atoms with van der Waals surface area (Å²) >= 11 is 0. The predicted octanol–water partition coefficient (Wildman–Crippen LogP) is 3.87. The molecule has 3 aromatic carbocycles. The van der Waals surface area contributed by atoms with Crippen LogP contribution in [0, 0.1) is 6.92 Å². The number of carbonyl (C=O) groups is 1. The van der Waals surface area contributed by atoms with E-state index in [1.54, 1.807) is 24.3 Å². The molecule has 188 valence electrons. The van der Waals surface area contributed by atoms with Gasteiger partial charge in [0.05, 0.1) is 19.4 Å². The summed E-state index contributed by atoms with van der Waals surface area (Å²) in [5.41, 5.74) is 4.42. The molecule has 1 atom stereocenters. The third-order valence-corrected chi connectivity index (χ3v) is 8.41. The van der Waals surface area contributed by atoms with Crippen LogP contribution in [-0.2, 0) is 28.7 Å². The molecule has 0 unspecified atom stereocenters. The molecule has 0 bridgehead atoms. The fourth-order valence-electron chi connectivity index (χ4n) is 4.88. The minimum absolute atomic E-state index is 0.00291. The van der Waals surface area contributed by atoms with Gasteiger partial charge < -0.3 is 19.7 Å². The van der Waals surface area contributed by atoms with E-state index in [1.165, 1.54) is 7.11 Å². The van der Waals surface area contributed by atoms with Crippen LogP contribution in [-0.4, -0.2) is 45.5 Å². The summed E-state index contributed by atoms with van der Waals surface area (Å²) in [5.74, 6) is 0.815. The molecule has 2 heterocycles. The summed E-state index contributed by atoms with van der Waals surface area (Å²) in [6.07, 6.45) is 0.579. The van der Waals surface area contributed by atoms with Gasteiger partial charge in [0, 0.05) is 31.6 Å². The number of carbonyl (C=O) groups excluding carboxylic acids is 1. The molecule has 1 amide bonds. The van der Waals surface area contributed by atoms with Crippen LogP contribution in [0.15, 0.2) is 65.6 Å². The maximum atomic E-state index is 13.3. The highest BCUT2D eigenvalue weighted by Gasteiger charge is 2.29. The SMILES string of the molecule is COc1cc2c(cc1S(=O)(=O)Cc1cccc(O[C@H]3CCN(C(=O)c4cccc(C)c4)C3)c1)CNC2. The minimum atomic E-state index is -3.64. The van der Waals surface area contributed by atoms with Gasteiger partial charge in [-0.15, -0.1) is 0 Å². The molecule has 2 aliphatic heterocycles. The van der Waals surface area contributed by atoms with Gasteiger partial charge in [0.25, 0.3) is 5.91 Å². The van der Waals surface area contributed by atoms with Gasteiger partial charge >= 0.3 is 0 Å². The van der Waals surface area contributed by atoms with Crippen LogP contribution in [0.2, 0.25) is 0 Å². The highest BCUT2D eigenvalue weighted by molar-refractivity contribution is 7.90. The molecule has 0 aliphatic carbocycles. The zero-order chi connectivity index (χ0) is 25.3. The number of benzene rings is 3. The Hall–Kier alpha value is -3.36. The Morgan fingerprint density at radius 3 is 2.61 bits per heavy atom. The van der Waals surface area contributed by atoms with Crippen molar-refractivity contribution >= 4 is 15.7 Å². The normalized spacial score (nSPS) is 17.2. The van der Waals surface area contributed by atoms with Gasteiger partial charge in [0.2, 0.25) is 0 Å². The van der Waals surface area contributed by atoms with Crippen LogP contribution in [0.3, 0.4) is 0 Å². The number of aryl methyl sites for hydroxylation is 1. The van der Waals surface area contributed by atoms with Crippen molar-refractivity contribution in [1.82, 2.24) is 10.2 Å². The quantitative estimate of drug-likeness (QED) is 0.524. The Balaban J connectivity index is 1.27. The molecule has 3 aromatic rings. The largest absolute Gasteiger partial charge is 0.495 e. The number of fused-ring (bicyclic) bond motifs is 1. The fourth-order valence-corrected chi connectivity index (χ4v) is 6.42. The third-order valence-electron chi connectivity index (χ3n) is 6.71. The number of rotatable bonds is 7. The monoisotopic (exact) mass is 506 g/mol. The van der Waals surface area contributed by atoms with Gasteiger partial charge in [-0.25, -0.2) is 8.42 Å². The number of ether oxygens (including phenoxy) is 2. The standard InChI is InChI=1S/C28H30N2O5S/c1-19-5-3-7-21(11-19)28(31)30-10-9-25(17-30)35-24-8-4-6-20(12-24)18-36(32,33)27-14-23-16-29-15-22(23)13-26(27)34-2/h3-8,11-14,25,29H,9-10,15-18H2,1-2H3/t25-/m0/s1. The number of nitrogens with one attached hydrogen (secondary N) is 1. The molecule has 5 rings (SSSR count). The average molecular weight is 507 g/mol. The Kier molecular flexibility index (Phi) is 6.73. The number of hydrogen-bond donors (Lipinski definition) is 1. The van der Waals surface area contributed by atoms with E-state index in [2.05, 4.69) is 5.32 Å². The van der Waals surface area contributed by atoms with Crippen molar-refractivity contribution in [3.05, 3.63) is 88.5 Å². The van der Waals surface area contributed by atoms with Gasteiger partial charge in [0.15, 0.2) is 9.84 Å². The molecule has 1 fully saturated rings. The van der Waals surface area contributed by atoms with Gasteiger partial charge in [-0.2, -0.15) is 0 Å². The van der Waals surface area contributed by atoms with Gasteiger partial charge in [-0.3, -0.25) is 4.79 Å². The number of sulfone groups is 1. The first kappa shape index (κ1) is 24.3. The van der Waals surface area contributed by atoms with E-state index >= 15 is 0 Å². The summed E-state index contributed by atoms with van der Waals surface area (Å²) in [7, 11) is -2.14. The zero-order valence-electron chi connectivity index (χ0n) is 20.5. The van der Waals surface area contributed by atoms with E-state index in [0.29, 0.717) is 48.8 Å². The Bertz CT molecular complexity index is 1400. The second-order valence-corrected chi connectivity index (χ2v) is 11.4. The maximum Gasteiger partial charge on any atom is 0.253 e. The van der Waals surface area contributed by atoms with E-state index in [0.717, 1.165) is 23.1 Å². The number of amides is 1. The van der Waals surface area contributed by atoms with Gasteiger partial charge in [0.1, 0.15) is 22.5 Å². The smallest absolute Gasteiger partial charge is 0.253 e. The minimum Gasteiger partial charge on any atom is -0.495 e. The fraction of sp³-hybridized carbons (Fsp3) is 0.321. The van der Waals surface area contributed by atoms with Crippen LogP contribution in [0.5, 0.6) is 11.5 Å². The number of likely N-dealkylation sites (tertiary alicyclic amines) is 1. The molecule has 0 aromatic heterocycles. The number of methoxy groups -OCH3 is 1. The lowest BCUT2D eigenvalue weighted by atomic mass is 10.1. The molecular weight excluding hydrogens is 476 g/mol. The van der Waals surface area contributed by atoms with E-state index in [1.807, 2.05) is 48.2 Å². The first-order chi connectivity index (χ1) is 17.3. The van der Waals surface area contributed by atoms with Crippen LogP contribution >= 0.6 is 0 Å². The van der Waals surface area contributed by atoms with Crippen molar-refractivity contribution in [2.75, 3.05) is 20.2 Å². The molecule has 0 spiro atoms. The first-order valence-electron chi connectivity index (χ1n) is 12.1. The van der Waals surface area contributed by atoms with Gasteiger partial charge in [-0.05, 0) is 60.0 Å². The summed E-state index contributed by atoms with van der Waals surface area (Å²) in [5, 5.41) is 3.24. The van der Waals surface area contributed by atoms with Crippen molar-refractivity contribution in [1.29, 1.82) is 0 Å². The van der Waals surface area contributed by atoms with Crippen molar-refractivity contribution in [2.45, 2.75) is 43.2 Å². The number of hydrogen-bond acceptors (Lipinski definition) is 6. The molecule has 7 nitrogen and oxygen atoms in total. The van der Waals surface area contributed by atoms with Crippen LogP contribution < -0.4 is 14.8 Å². The van der Waals surface area contributed by atoms with Crippen molar-refractivity contribution in [3.8, 4) is 11.5 Å². The Morgan fingerprint density at radius 1 is 1.06 bits per heavy atom.